The van der Waals surface area contributed by atoms with Gasteiger partial charge in [-0.2, -0.15) is 0 Å². The lowest BCUT2D eigenvalue weighted by atomic mass is 10.1. The third kappa shape index (κ3) is 4.11. The molecule has 3 heterocycles. The van der Waals surface area contributed by atoms with Crippen LogP contribution in [-0.4, -0.2) is 39.1 Å². The number of halogens is 1. The second-order valence-electron chi connectivity index (χ2n) is 6.42. The van der Waals surface area contributed by atoms with Gasteiger partial charge in [0.25, 0.3) is 0 Å². The van der Waals surface area contributed by atoms with E-state index in [4.69, 9.17) is 0 Å². The molecule has 3 aromatic heterocycles. The molecule has 0 bridgehead atoms. The number of aromatic nitrogens is 4. The largest absolute Gasteiger partial charge is 0.358 e. The van der Waals surface area contributed by atoms with Gasteiger partial charge in [-0.25, -0.2) is 0 Å². The van der Waals surface area contributed by atoms with E-state index >= 15 is 0 Å². The van der Waals surface area contributed by atoms with Crippen LogP contribution in [-0.2, 0) is 13.0 Å². The zero-order valence-electron chi connectivity index (χ0n) is 15.9. The first-order valence-electron chi connectivity index (χ1n) is 9.05. The molecule has 4 rings (SSSR count). The Morgan fingerprint density at radius 2 is 1.93 bits per heavy atom. The number of guanidine groups is 1. The minimum Gasteiger partial charge on any atom is -0.358 e. The van der Waals surface area contributed by atoms with Crippen LogP contribution < -0.4 is 10.6 Å². The normalized spacial score (nSPS) is 11.6. The van der Waals surface area contributed by atoms with E-state index in [-0.39, 0.29) is 24.0 Å². The summed E-state index contributed by atoms with van der Waals surface area (Å²) in [5, 5.41) is 16.4. The highest BCUT2D eigenvalue weighted by atomic mass is 127. The Morgan fingerprint density at radius 3 is 2.79 bits per heavy atom. The highest BCUT2D eigenvalue weighted by Gasteiger charge is 2.09. The van der Waals surface area contributed by atoms with Gasteiger partial charge in [0.1, 0.15) is 0 Å². The molecule has 0 atom stereocenters. The van der Waals surface area contributed by atoms with Gasteiger partial charge < -0.3 is 15.6 Å². The topological polar surface area (TPSA) is 82.4 Å². The Hall–Kier alpha value is -2.62. The first-order valence-corrected chi connectivity index (χ1v) is 9.05. The van der Waals surface area contributed by atoms with Crippen LogP contribution in [0.5, 0.6) is 0 Å². The number of hydrogen-bond acceptors (Lipinski definition) is 3. The molecule has 4 aromatic rings. The van der Waals surface area contributed by atoms with E-state index in [0.29, 0.717) is 6.54 Å². The molecule has 0 saturated carbocycles. The molecule has 3 N–H and O–H groups in total. The molecule has 0 saturated heterocycles. The summed E-state index contributed by atoms with van der Waals surface area (Å²) in [5.41, 5.74) is 4.59. The number of aryl methyl sites for hydroxylation is 1. The van der Waals surface area contributed by atoms with Crippen LogP contribution in [0.15, 0.2) is 53.7 Å². The Morgan fingerprint density at radius 1 is 1.11 bits per heavy atom. The van der Waals surface area contributed by atoms with Crippen molar-refractivity contribution in [2.45, 2.75) is 19.9 Å². The average Bonchev–Trinajstić information content (AvgIpc) is 3.25. The van der Waals surface area contributed by atoms with Crippen molar-refractivity contribution in [3.8, 4) is 0 Å². The fourth-order valence-electron chi connectivity index (χ4n) is 3.36. The SMILES string of the molecule is CN=C(NCCc1c(C)[nH]c2ccccc12)NCc1nnc2ccccn12.I. The van der Waals surface area contributed by atoms with Gasteiger partial charge in [0.2, 0.25) is 0 Å². The van der Waals surface area contributed by atoms with Crippen LogP contribution in [0, 0.1) is 6.92 Å². The van der Waals surface area contributed by atoms with Gasteiger partial charge in [0.05, 0.1) is 6.54 Å². The summed E-state index contributed by atoms with van der Waals surface area (Å²) in [4.78, 5) is 7.75. The molecule has 0 aliphatic rings. The highest BCUT2D eigenvalue weighted by Crippen LogP contribution is 2.21. The summed E-state index contributed by atoms with van der Waals surface area (Å²) < 4.78 is 1.97. The van der Waals surface area contributed by atoms with Crippen molar-refractivity contribution in [2.24, 2.45) is 4.99 Å². The Balaban J connectivity index is 0.00000225. The molecule has 7 nitrogen and oxygen atoms in total. The van der Waals surface area contributed by atoms with E-state index in [1.807, 2.05) is 28.8 Å². The molecular weight excluding hydrogens is 465 g/mol. The molecule has 0 unspecified atom stereocenters. The van der Waals surface area contributed by atoms with Crippen molar-refractivity contribution in [1.82, 2.24) is 30.2 Å². The molecular formula is C20H24IN7. The number of nitrogens with zero attached hydrogens (tertiary/aromatic N) is 4. The van der Waals surface area contributed by atoms with Crippen molar-refractivity contribution >= 4 is 46.5 Å². The summed E-state index contributed by atoms with van der Waals surface area (Å²) in [5.74, 6) is 1.60. The number of rotatable bonds is 5. The van der Waals surface area contributed by atoms with Gasteiger partial charge in [-0.15, -0.1) is 34.2 Å². The molecule has 0 radical (unpaired) electrons. The van der Waals surface area contributed by atoms with E-state index in [9.17, 15) is 0 Å². The summed E-state index contributed by atoms with van der Waals surface area (Å²) in [6, 6.07) is 14.3. The third-order valence-corrected chi connectivity index (χ3v) is 4.72. The highest BCUT2D eigenvalue weighted by molar-refractivity contribution is 14.0. The molecule has 0 aliphatic heterocycles. The Bertz CT molecular complexity index is 1100. The van der Waals surface area contributed by atoms with Crippen LogP contribution >= 0.6 is 24.0 Å². The van der Waals surface area contributed by atoms with E-state index < -0.39 is 0 Å². The molecule has 8 heteroatoms. The number of para-hydroxylation sites is 1. The van der Waals surface area contributed by atoms with Crippen LogP contribution in [0.4, 0.5) is 0 Å². The molecule has 0 amide bonds. The number of nitrogens with one attached hydrogen (secondary N) is 3. The number of fused-ring (bicyclic) bond motifs is 2. The van der Waals surface area contributed by atoms with Gasteiger partial charge in [-0.3, -0.25) is 9.39 Å². The number of benzene rings is 1. The lowest BCUT2D eigenvalue weighted by Gasteiger charge is -2.11. The van der Waals surface area contributed by atoms with Gasteiger partial charge in [-0.1, -0.05) is 24.3 Å². The first-order chi connectivity index (χ1) is 13.3. The summed E-state index contributed by atoms with van der Waals surface area (Å²) in [6.45, 7) is 3.47. The smallest absolute Gasteiger partial charge is 0.191 e. The van der Waals surface area contributed by atoms with Gasteiger partial charge in [0, 0.05) is 36.4 Å². The predicted octanol–water partition coefficient (Wildman–Crippen LogP) is 3.04. The van der Waals surface area contributed by atoms with E-state index in [1.165, 1.54) is 22.2 Å². The maximum Gasteiger partial charge on any atom is 0.191 e. The molecule has 28 heavy (non-hydrogen) atoms. The lowest BCUT2D eigenvalue weighted by molar-refractivity contribution is 0.757. The summed E-state index contributed by atoms with van der Waals surface area (Å²) >= 11 is 0. The maximum atomic E-state index is 4.30. The fraction of sp³-hybridized carbons (Fsp3) is 0.250. The third-order valence-electron chi connectivity index (χ3n) is 4.72. The first kappa shape index (κ1) is 20.1. The van der Waals surface area contributed by atoms with Crippen molar-refractivity contribution < 1.29 is 0 Å². The maximum absolute atomic E-state index is 4.30. The van der Waals surface area contributed by atoms with E-state index in [0.717, 1.165) is 30.4 Å². The molecule has 0 fully saturated rings. The van der Waals surface area contributed by atoms with Crippen molar-refractivity contribution in [3.63, 3.8) is 0 Å². The fourth-order valence-corrected chi connectivity index (χ4v) is 3.36. The number of H-pyrrole nitrogens is 1. The Labute approximate surface area is 180 Å². The standard InChI is InChI=1S/C20H23N7.HI/c1-14-15(16-7-3-4-8-17(16)24-14)10-11-22-20(21-2)23-13-19-26-25-18-9-5-6-12-27(18)19;/h3-9,12,24H,10-11,13H2,1-2H3,(H2,21,22,23);1H. The summed E-state index contributed by atoms with van der Waals surface area (Å²) in [7, 11) is 1.77. The zero-order chi connectivity index (χ0) is 18.6. The molecule has 146 valence electrons. The summed E-state index contributed by atoms with van der Waals surface area (Å²) in [6.07, 6.45) is 2.88. The second-order valence-corrected chi connectivity index (χ2v) is 6.42. The van der Waals surface area contributed by atoms with Gasteiger partial charge in [-0.05, 0) is 37.1 Å². The van der Waals surface area contributed by atoms with Crippen LogP contribution in [0.1, 0.15) is 17.1 Å². The second kappa shape index (κ2) is 9.05. The van der Waals surface area contributed by atoms with Gasteiger partial charge >= 0.3 is 0 Å². The zero-order valence-corrected chi connectivity index (χ0v) is 18.3. The van der Waals surface area contributed by atoms with Crippen LogP contribution in [0.25, 0.3) is 16.6 Å². The van der Waals surface area contributed by atoms with Crippen molar-refractivity contribution in [3.05, 3.63) is 65.7 Å². The minimum absolute atomic E-state index is 0. The molecule has 0 aliphatic carbocycles. The van der Waals surface area contributed by atoms with E-state index in [1.54, 1.807) is 7.05 Å². The monoisotopic (exact) mass is 489 g/mol. The lowest BCUT2D eigenvalue weighted by Crippen LogP contribution is -2.38. The Kier molecular flexibility index (Phi) is 6.50. The van der Waals surface area contributed by atoms with Crippen LogP contribution in [0.3, 0.4) is 0 Å². The number of hydrogen-bond donors (Lipinski definition) is 3. The minimum atomic E-state index is 0. The average molecular weight is 489 g/mol. The predicted molar refractivity (Wildman–Crippen MR) is 123 cm³/mol. The van der Waals surface area contributed by atoms with Gasteiger partial charge in [0.15, 0.2) is 17.4 Å². The number of aliphatic imine (C=N–C) groups is 1. The molecule has 0 spiro atoms. The van der Waals surface area contributed by atoms with Crippen molar-refractivity contribution in [2.75, 3.05) is 13.6 Å². The number of pyridine rings is 1. The van der Waals surface area contributed by atoms with Crippen molar-refractivity contribution in [1.29, 1.82) is 0 Å². The van der Waals surface area contributed by atoms with Crippen LogP contribution in [0.2, 0.25) is 0 Å². The number of aromatic amines is 1. The molecule has 1 aromatic carbocycles. The van der Waals surface area contributed by atoms with E-state index in [2.05, 4.69) is 62.0 Å². The quantitative estimate of drug-likeness (QED) is 0.229.